The Balaban J connectivity index is 1.55. The minimum atomic E-state index is -4.47. The van der Waals surface area contributed by atoms with Crippen molar-refractivity contribution in [3.8, 4) is 28.7 Å². The normalized spacial score (nSPS) is 11.6. The number of alkyl halides is 3. The molecule has 0 aliphatic rings. The average Bonchev–Trinajstić information content (AvgIpc) is 3.35. The predicted molar refractivity (Wildman–Crippen MR) is 101 cm³/mol. The maximum absolute atomic E-state index is 12.7. The summed E-state index contributed by atoms with van der Waals surface area (Å²) in [4.78, 5) is 19.8. The summed E-state index contributed by atoms with van der Waals surface area (Å²) in [7, 11) is 3.29. The Labute approximate surface area is 172 Å². The molecule has 0 amide bonds. The fourth-order valence-corrected chi connectivity index (χ4v) is 2.73. The van der Waals surface area contributed by atoms with Gasteiger partial charge in [0.2, 0.25) is 11.7 Å². The van der Waals surface area contributed by atoms with Crippen molar-refractivity contribution >= 4 is 0 Å². The van der Waals surface area contributed by atoms with Crippen molar-refractivity contribution in [3.05, 3.63) is 64.5 Å². The molecule has 0 bridgehead atoms. The molecule has 0 spiro atoms. The van der Waals surface area contributed by atoms with Gasteiger partial charge in [-0.15, -0.1) is 0 Å². The summed E-state index contributed by atoms with van der Waals surface area (Å²) in [5.74, 6) is 0.405. The molecule has 0 fully saturated rings. The summed E-state index contributed by atoms with van der Waals surface area (Å²) in [6, 6.07) is 5.10. The average molecular weight is 432 g/mol. The molecule has 0 N–H and O–H groups in total. The second kappa shape index (κ2) is 7.70. The minimum Gasteiger partial charge on any atom is -0.471 e. The number of aromatic nitrogens is 6. The van der Waals surface area contributed by atoms with Gasteiger partial charge in [-0.25, -0.2) is 4.98 Å². The molecular formula is C19H15F3N6O3. The van der Waals surface area contributed by atoms with Gasteiger partial charge in [0, 0.05) is 44.2 Å². The lowest BCUT2D eigenvalue weighted by Gasteiger charge is -2.09. The first kappa shape index (κ1) is 20.3. The van der Waals surface area contributed by atoms with E-state index < -0.39 is 11.7 Å². The lowest BCUT2D eigenvalue weighted by atomic mass is 10.2. The Hall–Kier alpha value is -3.96. The highest BCUT2D eigenvalue weighted by atomic mass is 19.4. The van der Waals surface area contributed by atoms with E-state index in [0.29, 0.717) is 23.0 Å². The fourth-order valence-electron chi connectivity index (χ4n) is 2.73. The van der Waals surface area contributed by atoms with Gasteiger partial charge in [-0.2, -0.15) is 23.3 Å². The van der Waals surface area contributed by atoms with Gasteiger partial charge in [-0.1, -0.05) is 5.16 Å². The number of halogens is 3. The van der Waals surface area contributed by atoms with E-state index in [1.807, 2.05) is 0 Å². The standard InChI is InChI=1S/C19H15F3N6O3/c1-27-6-5-11(7-16(27)29)17-25-18(31-26-17)13-9-24-28(2)14(13)10-30-15-4-3-12(8-23-15)19(20,21)22/h3-9H,10H2,1-2H3. The van der Waals surface area contributed by atoms with Crippen LogP contribution in [0, 0.1) is 0 Å². The summed E-state index contributed by atoms with van der Waals surface area (Å²) >= 11 is 0. The summed E-state index contributed by atoms with van der Waals surface area (Å²) in [5.41, 5.74) is 0.435. The number of nitrogens with zero attached hydrogens (tertiary/aromatic N) is 6. The number of hydrogen-bond acceptors (Lipinski definition) is 7. The number of rotatable bonds is 5. The highest BCUT2D eigenvalue weighted by Crippen LogP contribution is 2.30. The van der Waals surface area contributed by atoms with Crippen LogP contribution in [0.3, 0.4) is 0 Å². The van der Waals surface area contributed by atoms with E-state index in [1.165, 1.54) is 21.5 Å². The third-order valence-electron chi connectivity index (χ3n) is 4.50. The van der Waals surface area contributed by atoms with Crippen molar-refractivity contribution < 1.29 is 22.4 Å². The third kappa shape index (κ3) is 4.17. The second-order valence-electron chi connectivity index (χ2n) is 6.59. The molecule has 31 heavy (non-hydrogen) atoms. The first-order valence-electron chi connectivity index (χ1n) is 8.90. The Morgan fingerprint density at radius 2 is 1.97 bits per heavy atom. The zero-order valence-corrected chi connectivity index (χ0v) is 16.3. The topological polar surface area (TPSA) is 101 Å². The van der Waals surface area contributed by atoms with Gasteiger partial charge >= 0.3 is 6.18 Å². The molecule has 0 atom stereocenters. The molecule has 9 nitrogen and oxygen atoms in total. The van der Waals surface area contributed by atoms with Crippen LogP contribution in [0.4, 0.5) is 13.2 Å². The Kier molecular flexibility index (Phi) is 5.05. The highest BCUT2D eigenvalue weighted by Gasteiger charge is 2.30. The van der Waals surface area contributed by atoms with Gasteiger partial charge in [0.15, 0.2) is 0 Å². The molecule has 4 aromatic heterocycles. The molecule has 0 aliphatic carbocycles. The van der Waals surface area contributed by atoms with E-state index in [-0.39, 0.29) is 29.8 Å². The lowest BCUT2D eigenvalue weighted by molar-refractivity contribution is -0.137. The molecule has 160 valence electrons. The van der Waals surface area contributed by atoms with E-state index in [4.69, 9.17) is 9.26 Å². The van der Waals surface area contributed by atoms with Crippen LogP contribution >= 0.6 is 0 Å². The summed E-state index contributed by atoms with van der Waals surface area (Å²) < 4.78 is 51.7. The van der Waals surface area contributed by atoms with Crippen molar-refractivity contribution in [2.24, 2.45) is 14.1 Å². The van der Waals surface area contributed by atoms with Crippen LogP contribution in [0.25, 0.3) is 22.8 Å². The van der Waals surface area contributed by atoms with Gasteiger partial charge in [0.25, 0.3) is 11.4 Å². The van der Waals surface area contributed by atoms with Gasteiger partial charge in [-0.05, 0) is 12.1 Å². The van der Waals surface area contributed by atoms with E-state index in [9.17, 15) is 18.0 Å². The van der Waals surface area contributed by atoms with E-state index in [0.717, 1.165) is 12.1 Å². The molecule has 0 aromatic carbocycles. The first-order chi connectivity index (χ1) is 14.7. The van der Waals surface area contributed by atoms with E-state index in [1.54, 1.807) is 26.4 Å². The predicted octanol–water partition coefficient (Wildman–Crippen LogP) is 2.83. The molecule has 0 radical (unpaired) electrons. The lowest BCUT2D eigenvalue weighted by Crippen LogP contribution is -2.14. The van der Waals surface area contributed by atoms with Crippen LogP contribution < -0.4 is 10.3 Å². The number of hydrogen-bond donors (Lipinski definition) is 0. The SMILES string of the molecule is Cn1ncc(-c2nc(-c3ccn(C)c(=O)c3)no2)c1COc1ccc(C(F)(F)F)cn1. The molecular weight excluding hydrogens is 417 g/mol. The number of pyridine rings is 2. The van der Waals surface area contributed by atoms with Gasteiger partial charge in [0.05, 0.1) is 23.0 Å². The molecule has 4 heterocycles. The smallest absolute Gasteiger partial charge is 0.417 e. The van der Waals surface area contributed by atoms with Crippen LogP contribution in [0.5, 0.6) is 5.88 Å². The largest absolute Gasteiger partial charge is 0.471 e. The van der Waals surface area contributed by atoms with Gasteiger partial charge < -0.3 is 13.8 Å². The molecule has 4 rings (SSSR count). The van der Waals surface area contributed by atoms with Crippen molar-refractivity contribution in [1.82, 2.24) is 29.5 Å². The maximum Gasteiger partial charge on any atom is 0.417 e. The summed E-state index contributed by atoms with van der Waals surface area (Å²) in [6.45, 7) is -0.0478. The zero-order chi connectivity index (χ0) is 22.2. The van der Waals surface area contributed by atoms with Crippen molar-refractivity contribution in [2.45, 2.75) is 12.8 Å². The molecule has 0 aliphatic heterocycles. The van der Waals surface area contributed by atoms with Crippen LogP contribution in [0.2, 0.25) is 0 Å². The van der Waals surface area contributed by atoms with Crippen LogP contribution in [-0.2, 0) is 26.9 Å². The number of ether oxygens (including phenoxy) is 1. The maximum atomic E-state index is 12.7. The third-order valence-corrected chi connectivity index (χ3v) is 4.50. The zero-order valence-electron chi connectivity index (χ0n) is 16.3. The minimum absolute atomic E-state index is 0.0199. The van der Waals surface area contributed by atoms with Crippen molar-refractivity contribution in [1.29, 1.82) is 0 Å². The molecule has 0 unspecified atom stereocenters. The van der Waals surface area contributed by atoms with Gasteiger partial charge in [-0.3, -0.25) is 9.48 Å². The Morgan fingerprint density at radius 3 is 2.65 bits per heavy atom. The second-order valence-corrected chi connectivity index (χ2v) is 6.59. The molecule has 0 saturated carbocycles. The van der Waals surface area contributed by atoms with Crippen molar-refractivity contribution in [3.63, 3.8) is 0 Å². The van der Waals surface area contributed by atoms with Crippen LogP contribution in [0.15, 0.2) is 52.2 Å². The fraction of sp³-hybridized carbons (Fsp3) is 0.211. The quantitative estimate of drug-likeness (QED) is 0.478. The van der Waals surface area contributed by atoms with Crippen LogP contribution in [0.1, 0.15) is 11.3 Å². The Bertz CT molecular complexity index is 1270. The molecule has 4 aromatic rings. The molecule has 0 saturated heterocycles. The highest BCUT2D eigenvalue weighted by molar-refractivity contribution is 5.60. The van der Waals surface area contributed by atoms with E-state index in [2.05, 4.69) is 20.2 Å². The Morgan fingerprint density at radius 1 is 1.16 bits per heavy atom. The molecule has 12 heteroatoms. The van der Waals surface area contributed by atoms with Crippen molar-refractivity contribution in [2.75, 3.05) is 0 Å². The number of aryl methyl sites for hydroxylation is 2. The van der Waals surface area contributed by atoms with Crippen LogP contribution in [-0.4, -0.2) is 29.5 Å². The summed E-state index contributed by atoms with van der Waals surface area (Å²) in [6.07, 6.45) is -0.679. The van der Waals surface area contributed by atoms with Gasteiger partial charge in [0.1, 0.15) is 6.61 Å². The van der Waals surface area contributed by atoms with E-state index >= 15 is 0 Å². The first-order valence-corrected chi connectivity index (χ1v) is 8.90. The monoisotopic (exact) mass is 432 g/mol. The summed E-state index contributed by atoms with van der Waals surface area (Å²) in [5, 5.41) is 8.05.